The maximum Gasteiger partial charge on any atom is 0.270 e. The Morgan fingerprint density at radius 3 is 2.38 bits per heavy atom. The highest BCUT2D eigenvalue weighted by Crippen LogP contribution is 2.43. The monoisotopic (exact) mass is 395 g/mol. The smallest absolute Gasteiger partial charge is 0.270 e. The van der Waals surface area contributed by atoms with Crippen molar-refractivity contribution >= 4 is 11.8 Å². The van der Waals surface area contributed by atoms with Crippen molar-refractivity contribution in [1.29, 1.82) is 0 Å². The maximum atomic E-state index is 13.5. The molecule has 154 valence electrons. The molecule has 7 heteroatoms. The van der Waals surface area contributed by atoms with E-state index < -0.39 is 6.04 Å². The minimum Gasteiger partial charge on any atom is -0.339 e. The highest BCUT2D eigenvalue weighted by molar-refractivity contribution is 5.96. The number of aryl methyl sites for hydroxylation is 1. The second-order valence-electron chi connectivity index (χ2n) is 8.59. The molecule has 2 fully saturated rings. The van der Waals surface area contributed by atoms with Gasteiger partial charge in [-0.1, -0.05) is 19.9 Å². The average Bonchev–Trinajstić information content (AvgIpc) is 3.26. The molecule has 7 nitrogen and oxygen atoms in total. The first-order valence-corrected chi connectivity index (χ1v) is 10.5. The summed E-state index contributed by atoms with van der Waals surface area (Å²) in [6.07, 6.45) is 7.41. The van der Waals surface area contributed by atoms with Crippen LogP contribution in [0.5, 0.6) is 0 Å². The molecule has 0 spiro atoms. The van der Waals surface area contributed by atoms with Gasteiger partial charge in [-0.25, -0.2) is 0 Å². The lowest BCUT2D eigenvalue weighted by Crippen LogP contribution is -2.56. The minimum absolute atomic E-state index is 0.00404. The van der Waals surface area contributed by atoms with Gasteiger partial charge in [0.2, 0.25) is 5.91 Å². The van der Waals surface area contributed by atoms with Gasteiger partial charge < -0.3 is 10.2 Å². The average molecular weight is 396 g/mol. The number of nitrogens with zero attached hydrogens (tertiary/aromatic N) is 4. The Kier molecular flexibility index (Phi) is 5.39. The number of pyridine rings is 1. The second-order valence-corrected chi connectivity index (χ2v) is 8.59. The topological polar surface area (TPSA) is 80.1 Å². The summed E-state index contributed by atoms with van der Waals surface area (Å²) < 4.78 is 1.95. The van der Waals surface area contributed by atoms with E-state index in [4.69, 9.17) is 0 Å². The van der Waals surface area contributed by atoms with E-state index in [0.717, 1.165) is 25.7 Å². The van der Waals surface area contributed by atoms with Crippen LogP contribution < -0.4 is 5.32 Å². The number of aromatic nitrogens is 3. The van der Waals surface area contributed by atoms with Crippen molar-refractivity contribution in [2.24, 2.45) is 13.0 Å². The lowest BCUT2D eigenvalue weighted by atomic mass is 9.87. The van der Waals surface area contributed by atoms with Gasteiger partial charge in [-0.3, -0.25) is 19.3 Å². The summed E-state index contributed by atoms with van der Waals surface area (Å²) in [7, 11) is 1.98. The summed E-state index contributed by atoms with van der Waals surface area (Å²) >= 11 is 0. The molecule has 4 heterocycles. The van der Waals surface area contributed by atoms with E-state index in [9.17, 15) is 9.59 Å². The zero-order chi connectivity index (χ0) is 20.5. The Morgan fingerprint density at radius 1 is 1.10 bits per heavy atom. The van der Waals surface area contributed by atoms with Crippen LogP contribution in [0.3, 0.4) is 0 Å². The number of fused-ring (bicyclic) bond motifs is 2. The van der Waals surface area contributed by atoms with Crippen molar-refractivity contribution < 1.29 is 9.59 Å². The van der Waals surface area contributed by atoms with Gasteiger partial charge in [0.05, 0.1) is 0 Å². The molecule has 2 amide bonds. The van der Waals surface area contributed by atoms with Gasteiger partial charge in [-0.15, -0.1) is 0 Å². The van der Waals surface area contributed by atoms with Crippen molar-refractivity contribution in [3.8, 4) is 0 Å². The molecular weight excluding hydrogens is 366 g/mol. The van der Waals surface area contributed by atoms with E-state index in [0.29, 0.717) is 11.6 Å². The standard InChI is InChI=1S/C22H29N5O2/c1-14(2)20(25-21(28)18-6-4-5-10-23-18)22(29)27-16-7-8-17(27)13-15(12-16)19-9-11-24-26(19)3/h4-6,9-11,14-17,20H,7-8,12-13H2,1-3H3,(H,25,28). The SMILES string of the molecule is CC(C)C(NC(=O)c1ccccn1)C(=O)N1C2CCC1CC(c1ccnn1C)C2. The molecule has 2 aromatic heterocycles. The molecule has 4 rings (SSSR count). The molecule has 0 aromatic carbocycles. The molecule has 0 aliphatic carbocycles. The van der Waals surface area contributed by atoms with Crippen LogP contribution in [0, 0.1) is 5.92 Å². The number of nitrogens with one attached hydrogen (secondary N) is 1. The highest BCUT2D eigenvalue weighted by atomic mass is 16.2. The number of amides is 2. The maximum absolute atomic E-state index is 13.5. The molecule has 0 radical (unpaired) electrons. The van der Waals surface area contributed by atoms with Gasteiger partial charge in [-0.2, -0.15) is 5.10 Å². The van der Waals surface area contributed by atoms with Crippen molar-refractivity contribution in [3.63, 3.8) is 0 Å². The van der Waals surface area contributed by atoms with Gasteiger partial charge in [0.1, 0.15) is 11.7 Å². The number of hydrogen-bond donors (Lipinski definition) is 1. The molecule has 1 N–H and O–H groups in total. The van der Waals surface area contributed by atoms with Gasteiger partial charge in [0, 0.05) is 43.1 Å². The third-order valence-electron chi connectivity index (χ3n) is 6.38. The number of rotatable bonds is 5. The Hall–Kier alpha value is -2.70. The number of carbonyl (C=O) groups excluding carboxylic acids is 2. The van der Waals surface area contributed by atoms with Gasteiger partial charge in [0.25, 0.3) is 5.91 Å². The molecule has 2 aliphatic rings. The van der Waals surface area contributed by atoms with E-state index in [2.05, 4.69) is 26.4 Å². The van der Waals surface area contributed by atoms with E-state index in [1.54, 1.807) is 24.4 Å². The lowest BCUT2D eigenvalue weighted by Gasteiger charge is -2.41. The van der Waals surface area contributed by atoms with Crippen molar-refractivity contribution in [1.82, 2.24) is 25.0 Å². The molecule has 2 bridgehead atoms. The summed E-state index contributed by atoms with van der Waals surface area (Å²) in [6, 6.07) is 7.22. The molecule has 3 unspecified atom stereocenters. The molecule has 2 aliphatic heterocycles. The van der Waals surface area contributed by atoms with Crippen LogP contribution in [0.2, 0.25) is 0 Å². The van der Waals surface area contributed by atoms with Crippen LogP contribution in [-0.4, -0.2) is 49.6 Å². The third-order valence-corrected chi connectivity index (χ3v) is 6.38. The summed E-state index contributed by atoms with van der Waals surface area (Å²) in [5.41, 5.74) is 1.58. The molecular formula is C22H29N5O2. The van der Waals surface area contributed by atoms with Crippen LogP contribution in [0.1, 0.15) is 61.6 Å². The van der Waals surface area contributed by atoms with E-state index >= 15 is 0 Å². The first-order valence-electron chi connectivity index (χ1n) is 10.5. The van der Waals surface area contributed by atoms with Crippen LogP contribution >= 0.6 is 0 Å². The zero-order valence-corrected chi connectivity index (χ0v) is 17.3. The fourth-order valence-electron chi connectivity index (χ4n) is 4.95. The van der Waals surface area contributed by atoms with E-state index in [1.165, 1.54) is 5.69 Å². The predicted molar refractivity (Wildman–Crippen MR) is 109 cm³/mol. The zero-order valence-electron chi connectivity index (χ0n) is 17.3. The Balaban J connectivity index is 1.49. The first kappa shape index (κ1) is 19.6. The molecule has 3 atom stereocenters. The molecule has 2 saturated heterocycles. The third kappa shape index (κ3) is 3.78. The summed E-state index contributed by atoms with van der Waals surface area (Å²) in [5.74, 6) is 0.184. The largest absolute Gasteiger partial charge is 0.339 e. The van der Waals surface area contributed by atoms with Crippen LogP contribution in [0.15, 0.2) is 36.7 Å². The highest BCUT2D eigenvalue weighted by Gasteiger charge is 2.46. The molecule has 2 aromatic rings. The number of piperidine rings is 1. The molecule has 29 heavy (non-hydrogen) atoms. The van der Waals surface area contributed by atoms with Crippen molar-refractivity contribution in [3.05, 3.63) is 48.0 Å². The minimum atomic E-state index is -0.541. The summed E-state index contributed by atoms with van der Waals surface area (Å²) in [6.45, 7) is 3.96. The number of hydrogen-bond acceptors (Lipinski definition) is 4. The normalized spacial score (nSPS) is 24.6. The first-order chi connectivity index (χ1) is 14.0. The fraction of sp³-hybridized carbons (Fsp3) is 0.545. The van der Waals surface area contributed by atoms with Crippen LogP contribution in [0.4, 0.5) is 0 Å². The Morgan fingerprint density at radius 2 is 1.83 bits per heavy atom. The van der Waals surface area contributed by atoms with Gasteiger partial charge in [0.15, 0.2) is 0 Å². The quantitative estimate of drug-likeness (QED) is 0.844. The number of carbonyl (C=O) groups is 2. The van der Waals surface area contributed by atoms with Crippen molar-refractivity contribution in [2.75, 3.05) is 0 Å². The van der Waals surface area contributed by atoms with Gasteiger partial charge in [-0.05, 0) is 49.8 Å². The summed E-state index contributed by atoms with van der Waals surface area (Å²) in [4.78, 5) is 32.3. The predicted octanol–water partition coefficient (Wildman–Crippen LogP) is 2.51. The van der Waals surface area contributed by atoms with Crippen molar-refractivity contribution in [2.45, 2.75) is 63.6 Å². The van der Waals surface area contributed by atoms with E-state index in [-0.39, 0.29) is 29.8 Å². The molecule has 0 saturated carbocycles. The summed E-state index contributed by atoms with van der Waals surface area (Å²) in [5, 5.41) is 7.25. The van der Waals surface area contributed by atoms with Gasteiger partial charge >= 0.3 is 0 Å². The lowest BCUT2D eigenvalue weighted by molar-refractivity contribution is -0.139. The Bertz CT molecular complexity index is 864. The van der Waals surface area contributed by atoms with E-state index in [1.807, 2.05) is 31.8 Å². The Labute approximate surface area is 171 Å². The van der Waals surface area contributed by atoms with Crippen LogP contribution in [0.25, 0.3) is 0 Å². The second kappa shape index (κ2) is 7.97. The van der Waals surface area contributed by atoms with Crippen LogP contribution in [-0.2, 0) is 11.8 Å². The fourth-order valence-corrected chi connectivity index (χ4v) is 4.95.